The average Bonchev–Trinajstić information content (AvgIpc) is 3.10. The first-order valence-electron chi connectivity index (χ1n) is 6.66. The summed E-state index contributed by atoms with van der Waals surface area (Å²) in [5.74, 6) is 0.631. The van der Waals surface area contributed by atoms with Crippen LogP contribution in [0.15, 0.2) is 11.4 Å². The summed E-state index contributed by atoms with van der Waals surface area (Å²) in [6, 6.07) is -0.444. The molecule has 11 nitrogen and oxygen atoms in total. The first-order chi connectivity index (χ1) is 10.7. The van der Waals surface area contributed by atoms with Gasteiger partial charge < -0.3 is 20.9 Å². The lowest BCUT2D eigenvalue weighted by Crippen LogP contribution is -2.22. The van der Waals surface area contributed by atoms with Crippen LogP contribution in [-0.4, -0.2) is 50.4 Å². The summed E-state index contributed by atoms with van der Waals surface area (Å²) >= 11 is 0. The highest BCUT2D eigenvalue weighted by molar-refractivity contribution is 5.84. The molecule has 1 aliphatic rings. The number of nitrogens with one attached hydrogen (secondary N) is 1. The van der Waals surface area contributed by atoms with Gasteiger partial charge in [-0.3, -0.25) is 4.57 Å². The Hall–Kier alpha value is -2.62. The largest absolute Gasteiger partial charge is 0.394 e. The molecule has 11 heteroatoms. The Morgan fingerprint density at radius 1 is 1.64 bits per heavy atom. The molecule has 3 heterocycles. The van der Waals surface area contributed by atoms with Gasteiger partial charge in [0.2, 0.25) is 5.95 Å². The summed E-state index contributed by atoms with van der Waals surface area (Å²) in [6.07, 6.45) is 0.981. The summed E-state index contributed by atoms with van der Waals surface area (Å²) in [6.45, 7) is -0.230. The number of fused-ring (bicyclic) bond motifs is 1. The molecule has 2 aromatic heterocycles. The lowest BCUT2D eigenvalue weighted by molar-refractivity contribution is -0.0232. The fourth-order valence-corrected chi connectivity index (χ4v) is 2.56. The van der Waals surface area contributed by atoms with Crippen molar-refractivity contribution in [1.29, 1.82) is 0 Å². The molecule has 3 atom stereocenters. The van der Waals surface area contributed by atoms with Crippen molar-refractivity contribution in [3.05, 3.63) is 16.8 Å². The summed E-state index contributed by atoms with van der Waals surface area (Å²) in [7, 11) is 1.71. The molecule has 0 amide bonds. The van der Waals surface area contributed by atoms with Gasteiger partial charge in [0.05, 0.1) is 25.1 Å². The minimum absolute atomic E-state index is 0.113. The van der Waals surface area contributed by atoms with Crippen LogP contribution in [0.3, 0.4) is 0 Å². The van der Waals surface area contributed by atoms with Gasteiger partial charge >= 0.3 is 0 Å². The quantitative estimate of drug-likeness (QED) is 0.418. The van der Waals surface area contributed by atoms with Crippen LogP contribution in [0.1, 0.15) is 12.6 Å². The molecule has 1 fully saturated rings. The van der Waals surface area contributed by atoms with Crippen LogP contribution in [0.4, 0.5) is 11.8 Å². The van der Waals surface area contributed by atoms with E-state index in [1.54, 1.807) is 17.9 Å². The third-order valence-electron chi connectivity index (χ3n) is 3.57. The number of azide groups is 1. The van der Waals surface area contributed by atoms with E-state index in [0.717, 1.165) is 0 Å². The second kappa shape index (κ2) is 5.64. The molecule has 0 saturated carbocycles. The molecule has 1 saturated heterocycles. The number of hydrogen-bond donors (Lipinski definition) is 3. The van der Waals surface area contributed by atoms with Crippen molar-refractivity contribution in [2.45, 2.75) is 24.8 Å². The number of anilines is 2. The molecule has 22 heavy (non-hydrogen) atoms. The van der Waals surface area contributed by atoms with Gasteiger partial charge in [-0.25, -0.2) is 4.98 Å². The first-order valence-corrected chi connectivity index (χ1v) is 6.66. The molecule has 0 aliphatic carbocycles. The van der Waals surface area contributed by atoms with E-state index in [0.29, 0.717) is 23.4 Å². The number of ether oxygens (including phenoxy) is 1. The maximum absolute atomic E-state index is 9.33. The van der Waals surface area contributed by atoms with Gasteiger partial charge in [0.1, 0.15) is 6.23 Å². The fraction of sp³-hybridized carbons (Fsp3) is 0.545. The topological polar surface area (TPSA) is 160 Å². The predicted octanol–water partition coefficient (Wildman–Crippen LogP) is 0.409. The second-order valence-electron chi connectivity index (χ2n) is 4.82. The minimum atomic E-state index is -0.554. The minimum Gasteiger partial charge on any atom is -0.394 e. The van der Waals surface area contributed by atoms with Gasteiger partial charge in [-0.1, -0.05) is 5.11 Å². The zero-order chi connectivity index (χ0) is 15.7. The van der Waals surface area contributed by atoms with E-state index < -0.39 is 18.4 Å². The number of aliphatic hydroxyl groups is 1. The van der Waals surface area contributed by atoms with E-state index in [2.05, 4.69) is 30.3 Å². The highest BCUT2D eigenvalue weighted by atomic mass is 16.5. The van der Waals surface area contributed by atoms with Crippen LogP contribution >= 0.6 is 0 Å². The number of nitrogens with zero attached hydrogens (tertiary/aromatic N) is 7. The van der Waals surface area contributed by atoms with Gasteiger partial charge in [-0.15, -0.1) is 0 Å². The van der Waals surface area contributed by atoms with Crippen molar-refractivity contribution in [2.24, 2.45) is 5.11 Å². The summed E-state index contributed by atoms with van der Waals surface area (Å²) in [5.41, 5.74) is 15.4. The summed E-state index contributed by atoms with van der Waals surface area (Å²) < 4.78 is 7.43. The van der Waals surface area contributed by atoms with Crippen LogP contribution in [0.25, 0.3) is 21.6 Å². The lowest BCUT2D eigenvalue weighted by Gasteiger charge is -2.14. The normalized spacial score (nSPS) is 24.4. The zero-order valence-corrected chi connectivity index (χ0v) is 11.8. The van der Waals surface area contributed by atoms with E-state index in [1.165, 1.54) is 0 Å². The highest BCUT2D eigenvalue weighted by Gasteiger charge is 2.36. The van der Waals surface area contributed by atoms with Crippen LogP contribution in [0, 0.1) is 0 Å². The molecular formula is C11H15N9O2. The van der Waals surface area contributed by atoms with E-state index in [1.807, 2.05) is 0 Å². The molecule has 0 spiro atoms. The Labute approximate surface area is 124 Å². The SMILES string of the molecule is CNc1nc(N)nc2c1ncn2[C@@H]1CC(N=[N+]=[N-])[C@H](CO)O1. The maximum atomic E-state index is 9.33. The number of aliphatic hydroxyl groups excluding tert-OH is 1. The Morgan fingerprint density at radius 2 is 2.45 bits per heavy atom. The molecule has 0 aromatic carbocycles. The number of hydrogen-bond acceptors (Lipinski definition) is 8. The molecule has 4 N–H and O–H groups in total. The number of nitrogen functional groups attached to an aromatic ring is 1. The van der Waals surface area contributed by atoms with Crippen molar-refractivity contribution >= 4 is 22.9 Å². The third-order valence-corrected chi connectivity index (χ3v) is 3.57. The van der Waals surface area contributed by atoms with E-state index >= 15 is 0 Å². The van der Waals surface area contributed by atoms with Crippen LogP contribution in [0.2, 0.25) is 0 Å². The Bertz CT molecular complexity index is 738. The molecule has 2 aromatic rings. The third kappa shape index (κ3) is 2.26. The van der Waals surface area contributed by atoms with Gasteiger partial charge in [0.25, 0.3) is 0 Å². The number of imidazole rings is 1. The second-order valence-corrected chi connectivity index (χ2v) is 4.82. The molecule has 1 aliphatic heterocycles. The van der Waals surface area contributed by atoms with E-state index in [9.17, 15) is 5.11 Å². The van der Waals surface area contributed by atoms with Crippen molar-refractivity contribution in [2.75, 3.05) is 24.7 Å². The summed E-state index contributed by atoms with van der Waals surface area (Å²) in [4.78, 5) is 15.3. The molecule has 3 rings (SSSR count). The molecule has 0 bridgehead atoms. The highest BCUT2D eigenvalue weighted by Crippen LogP contribution is 2.33. The molecule has 0 radical (unpaired) electrons. The Kier molecular flexibility index (Phi) is 3.67. The van der Waals surface area contributed by atoms with Gasteiger partial charge in [0, 0.05) is 18.4 Å². The molecule has 116 valence electrons. The summed E-state index contributed by atoms with van der Waals surface area (Å²) in [5, 5.41) is 15.9. The Balaban J connectivity index is 2.01. The predicted molar refractivity (Wildman–Crippen MR) is 77.8 cm³/mol. The van der Waals surface area contributed by atoms with Crippen molar-refractivity contribution < 1.29 is 9.84 Å². The zero-order valence-electron chi connectivity index (χ0n) is 11.8. The smallest absolute Gasteiger partial charge is 0.224 e. The van der Waals surface area contributed by atoms with Crippen LogP contribution in [0.5, 0.6) is 0 Å². The number of nitrogens with two attached hydrogens (primary N) is 1. The fourth-order valence-electron chi connectivity index (χ4n) is 2.56. The van der Waals surface area contributed by atoms with E-state index in [4.69, 9.17) is 16.0 Å². The maximum Gasteiger partial charge on any atom is 0.224 e. The molecular weight excluding hydrogens is 290 g/mol. The van der Waals surface area contributed by atoms with Gasteiger partial charge in [0.15, 0.2) is 17.0 Å². The van der Waals surface area contributed by atoms with Crippen LogP contribution in [-0.2, 0) is 4.74 Å². The van der Waals surface area contributed by atoms with Crippen LogP contribution < -0.4 is 11.1 Å². The monoisotopic (exact) mass is 305 g/mol. The Morgan fingerprint density at radius 3 is 3.14 bits per heavy atom. The number of aromatic nitrogens is 4. The molecule has 1 unspecified atom stereocenters. The average molecular weight is 305 g/mol. The first kappa shape index (κ1) is 14.3. The van der Waals surface area contributed by atoms with E-state index in [-0.39, 0.29) is 12.6 Å². The lowest BCUT2D eigenvalue weighted by atomic mass is 10.1. The van der Waals surface area contributed by atoms with Gasteiger partial charge in [-0.05, 0) is 5.53 Å². The van der Waals surface area contributed by atoms with Gasteiger partial charge in [-0.2, -0.15) is 9.97 Å². The standard InChI is InChI=1S/C11H15N9O2/c1-14-9-8-10(17-11(12)16-9)20(4-15-8)7-2-5(18-19-13)6(3-21)22-7/h4-7,21H,2-3H2,1H3,(H3,12,14,16,17)/t5?,6-,7-/m0/s1. The van der Waals surface area contributed by atoms with Crippen molar-refractivity contribution in [1.82, 2.24) is 19.5 Å². The van der Waals surface area contributed by atoms with Crippen molar-refractivity contribution in [3.8, 4) is 0 Å². The number of rotatable bonds is 4. The van der Waals surface area contributed by atoms with Crippen molar-refractivity contribution in [3.63, 3.8) is 0 Å².